The molecule has 1 aliphatic carbocycles. The molecule has 1 aromatic rings. The molecular formula is C13H22N2O2S2. The summed E-state index contributed by atoms with van der Waals surface area (Å²) in [5.74, 6) is 0. The van der Waals surface area contributed by atoms with E-state index in [2.05, 4.69) is 10.0 Å². The minimum Gasteiger partial charge on any atom is -0.312 e. The van der Waals surface area contributed by atoms with Gasteiger partial charge in [-0.2, -0.15) is 0 Å². The quantitative estimate of drug-likeness (QED) is 0.848. The molecule has 0 aliphatic heterocycles. The average Bonchev–Trinajstić information content (AvgIpc) is 2.86. The third-order valence-corrected chi connectivity index (χ3v) is 6.00. The van der Waals surface area contributed by atoms with Gasteiger partial charge in [-0.15, -0.1) is 11.3 Å². The van der Waals surface area contributed by atoms with Crippen LogP contribution in [0.15, 0.2) is 16.3 Å². The van der Waals surface area contributed by atoms with Gasteiger partial charge in [0.15, 0.2) is 0 Å². The fourth-order valence-electron chi connectivity index (χ4n) is 2.35. The van der Waals surface area contributed by atoms with Gasteiger partial charge in [0.25, 0.3) is 0 Å². The largest absolute Gasteiger partial charge is 0.312 e. The average molecular weight is 302 g/mol. The lowest BCUT2D eigenvalue weighted by molar-refractivity contribution is 0.412. The van der Waals surface area contributed by atoms with Crippen LogP contribution in [0, 0.1) is 0 Å². The molecule has 0 saturated heterocycles. The maximum absolute atomic E-state index is 12.3. The van der Waals surface area contributed by atoms with Crippen LogP contribution in [0.5, 0.6) is 0 Å². The van der Waals surface area contributed by atoms with Crippen molar-refractivity contribution in [2.24, 2.45) is 0 Å². The molecule has 108 valence electrons. The molecule has 1 saturated carbocycles. The Morgan fingerprint density at radius 3 is 2.74 bits per heavy atom. The van der Waals surface area contributed by atoms with Crippen LogP contribution < -0.4 is 10.0 Å². The van der Waals surface area contributed by atoms with Crippen LogP contribution >= 0.6 is 11.3 Å². The molecule has 1 aromatic heterocycles. The van der Waals surface area contributed by atoms with E-state index in [4.69, 9.17) is 0 Å². The molecule has 2 N–H and O–H groups in total. The van der Waals surface area contributed by atoms with Crippen LogP contribution in [0.3, 0.4) is 0 Å². The molecule has 0 atom stereocenters. The van der Waals surface area contributed by atoms with Gasteiger partial charge in [-0.3, -0.25) is 0 Å². The number of hydrogen-bond acceptors (Lipinski definition) is 4. The van der Waals surface area contributed by atoms with Crippen molar-refractivity contribution < 1.29 is 8.42 Å². The number of hydrogen-bond donors (Lipinski definition) is 2. The molecule has 1 heterocycles. The van der Waals surface area contributed by atoms with Crippen molar-refractivity contribution in [3.05, 3.63) is 16.3 Å². The van der Waals surface area contributed by atoms with Gasteiger partial charge in [-0.05, 0) is 25.5 Å². The Hall–Kier alpha value is -0.430. The molecule has 0 amide bonds. The van der Waals surface area contributed by atoms with E-state index in [-0.39, 0.29) is 6.04 Å². The second-order valence-corrected chi connectivity index (χ2v) is 7.70. The zero-order valence-electron chi connectivity index (χ0n) is 11.3. The van der Waals surface area contributed by atoms with Crippen LogP contribution in [-0.2, 0) is 16.6 Å². The summed E-state index contributed by atoms with van der Waals surface area (Å²) < 4.78 is 27.4. The molecule has 19 heavy (non-hydrogen) atoms. The summed E-state index contributed by atoms with van der Waals surface area (Å²) >= 11 is 1.50. The molecule has 0 radical (unpaired) electrons. The van der Waals surface area contributed by atoms with E-state index < -0.39 is 10.0 Å². The second-order valence-electron chi connectivity index (χ2n) is 4.99. The lowest BCUT2D eigenvalue weighted by atomic mass is 9.96. The van der Waals surface area contributed by atoms with Crippen molar-refractivity contribution >= 4 is 21.4 Å². The number of rotatable bonds is 6. The molecular weight excluding hydrogens is 280 g/mol. The van der Waals surface area contributed by atoms with Crippen LogP contribution in [0.1, 0.15) is 43.9 Å². The fraction of sp³-hybridized carbons (Fsp3) is 0.692. The fourth-order valence-corrected chi connectivity index (χ4v) is 4.90. The van der Waals surface area contributed by atoms with E-state index in [0.29, 0.717) is 4.90 Å². The first kappa shape index (κ1) is 15.0. The van der Waals surface area contributed by atoms with Gasteiger partial charge in [-0.25, -0.2) is 13.1 Å². The highest BCUT2D eigenvalue weighted by Gasteiger charge is 2.22. The Labute approximate surface area is 119 Å². The van der Waals surface area contributed by atoms with E-state index in [0.717, 1.165) is 43.6 Å². The number of thiophene rings is 1. The predicted molar refractivity (Wildman–Crippen MR) is 78.9 cm³/mol. The van der Waals surface area contributed by atoms with Crippen molar-refractivity contribution in [3.63, 3.8) is 0 Å². The first-order valence-electron chi connectivity index (χ1n) is 6.92. The Kier molecular flexibility index (Phi) is 5.38. The minimum absolute atomic E-state index is 0.121. The van der Waals surface area contributed by atoms with Crippen LogP contribution in [0.4, 0.5) is 0 Å². The van der Waals surface area contributed by atoms with Gasteiger partial charge in [0.1, 0.15) is 0 Å². The summed E-state index contributed by atoms with van der Waals surface area (Å²) in [6, 6.07) is 1.90. The second kappa shape index (κ2) is 6.83. The minimum atomic E-state index is -3.33. The summed E-state index contributed by atoms with van der Waals surface area (Å²) in [7, 11) is -3.33. The normalized spacial score (nSPS) is 17.7. The number of nitrogens with one attached hydrogen (secondary N) is 2. The molecule has 1 fully saturated rings. The van der Waals surface area contributed by atoms with E-state index in [9.17, 15) is 8.42 Å². The van der Waals surface area contributed by atoms with Gasteiger partial charge in [0.05, 0.1) is 4.90 Å². The molecule has 2 rings (SSSR count). The molecule has 0 unspecified atom stereocenters. The van der Waals surface area contributed by atoms with Crippen molar-refractivity contribution in [1.82, 2.24) is 10.0 Å². The highest BCUT2D eigenvalue weighted by molar-refractivity contribution is 7.89. The highest BCUT2D eigenvalue weighted by atomic mass is 32.2. The first-order chi connectivity index (χ1) is 9.12. The maximum Gasteiger partial charge on any atom is 0.241 e. The van der Waals surface area contributed by atoms with Gasteiger partial charge in [-0.1, -0.05) is 26.2 Å². The zero-order chi connectivity index (χ0) is 13.7. The molecule has 6 heteroatoms. The maximum atomic E-state index is 12.3. The lowest BCUT2D eigenvalue weighted by Gasteiger charge is -2.22. The van der Waals surface area contributed by atoms with Gasteiger partial charge < -0.3 is 5.32 Å². The molecule has 1 aliphatic rings. The monoisotopic (exact) mass is 302 g/mol. The van der Waals surface area contributed by atoms with Crippen molar-refractivity contribution in [2.45, 2.75) is 56.5 Å². The Morgan fingerprint density at radius 2 is 2.05 bits per heavy atom. The summed E-state index contributed by atoms with van der Waals surface area (Å²) in [6.45, 7) is 3.66. The Morgan fingerprint density at radius 1 is 1.32 bits per heavy atom. The van der Waals surface area contributed by atoms with Gasteiger partial charge >= 0.3 is 0 Å². The van der Waals surface area contributed by atoms with E-state index in [1.165, 1.54) is 17.8 Å². The smallest absolute Gasteiger partial charge is 0.241 e. The van der Waals surface area contributed by atoms with Crippen molar-refractivity contribution in [2.75, 3.05) is 6.54 Å². The highest BCUT2D eigenvalue weighted by Crippen LogP contribution is 2.22. The summed E-state index contributed by atoms with van der Waals surface area (Å²) in [5, 5.41) is 4.94. The molecule has 0 bridgehead atoms. The molecule has 4 nitrogen and oxygen atoms in total. The standard InChI is InChI=1S/C13H22N2O2S2/c1-2-14-9-12-8-13(10-18-12)19(16,17)15-11-6-4-3-5-7-11/h8,10-11,14-15H,2-7,9H2,1H3. The predicted octanol–water partition coefficient (Wildman–Crippen LogP) is 2.47. The van der Waals surface area contributed by atoms with Gasteiger partial charge in [0, 0.05) is 22.8 Å². The summed E-state index contributed by atoms with van der Waals surface area (Å²) in [6.07, 6.45) is 5.41. The van der Waals surface area contributed by atoms with Crippen molar-refractivity contribution in [3.8, 4) is 0 Å². The SMILES string of the molecule is CCNCc1cc(S(=O)(=O)NC2CCCCC2)cs1. The molecule has 0 aromatic carbocycles. The third kappa shape index (κ3) is 4.27. The Bertz CT molecular complexity index is 490. The van der Waals surface area contributed by atoms with Crippen LogP contribution in [-0.4, -0.2) is 21.0 Å². The van der Waals surface area contributed by atoms with E-state index in [1.54, 1.807) is 11.4 Å². The van der Waals surface area contributed by atoms with E-state index in [1.807, 2.05) is 6.92 Å². The number of sulfonamides is 1. The lowest BCUT2D eigenvalue weighted by Crippen LogP contribution is -2.35. The van der Waals surface area contributed by atoms with Crippen LogP contribution in [0.25, 0.3) is 0 Å². The first-order valence-corrected chi connectivity index (χ1v) is 9.28. The Balaban J connectivity index is 1.99. The molecule has 0 spiro atoms. The topological polar surface area (TPSA) is 58.2 Å². The summed E-state index contributed by atoms with van der Waals surface area (Å²) in [5.41, 5.74) is 0. The summed E-state index contributed by atoms with van der Waals surface area (Å²) in [4.78, 5) is 1.47. The van der Waals surface area contributed by atoms with E-state index >= 15 is 0 Å². The third-order valence-electron chi connectivity index (χ3n) is 3.42. The zero-order valence-corrected chi connectivity index (χ0v) is 12.9. The van der Waals surface area contributed by atoms with Gasteiger partial charge in [0.2, 0.25) is 10.0 Å². The van der Waals surface area contributed by atoms with Crippen molar-refractivity contribution in [1.29, 1.82) is 0 Å². The van der Waals surface area contributed by atoms with Crippen LogP contribution in [0.2, 0.25) is 0 Å².